The van der Waals surface area contributed by atoms with Crippen LogP contribution in [0.15, 0.2) is 0 Å². The van der Waals surface area contributed by atoms with Crippen LogP contribution in [0.1, 0.15) is 32.1 Å². The van der Waals surface area contributed by atoms with Gasteiger partial charge in [-0.25, -0.2) is 0 Å². The van der Waals surface area contributed by atoms with Gasteiger partial charge in [-0.3, -0.25) is 9.59 Å². The average molecular weight is 240 g/mol. The predicted molar refractivity (Wildman–Crippen MR) is 62.1 cm³/mol. The Kier molecular flexibility index (Phi) is 3.99. The average Bonchev–Trinajstić information content (AvgIpc) is 2.81. The number of nitrogens with two attached hydrogens (primary N) is 1. The van der Waals surface area contributed by atoms with Crippen molar-refractivity contribution in [1.29, 1.82) is 0 Å². The zero-order valence-electron chi connectivity index (χ0n) is 10.1. The monoisotopic (exact) mass is 240 g/mol. The van der Waals surface area contributed by atoms with E-state index in [4.69, 9.17) is 10.5 Å². The zero-order chi connectivity index (χ0) is 12.3. The number of amides is 2. The molecule has 0 aromatic rings. The molecule has 96 valence electrons. The summed E-state index contributed by atoms with van der Waals surface area (Å²) in [6.07, 6.45) is 5.28. The van der Waals surface area contributed by atoms with Crippen molar-refractivity contribution in [3.63, 3.8) is 0 Å². The molecule has 1 saturated heterocycles. The van der Waals surface area contributed by atoms with Crippen LogP contribution in [0.2, 0.25) is 0 Å². The van der Waals surface area contributed by atoms with Crippen LogP contribution in [0, 0.1) is 5.92 Å². The minimum Gasteiger partial charge on any atom is -0.377 e. The summed E-state index contributed by atoms with van der Waals surface area (Å²) >= 11 is 0. The van der Waals surface area contributed by atoms with Gasteiger partial charge in [0.1, 0.15) is 6.04 Å². The van der Waals surface area contributed by atoms with E-state index in [9.17, 15) is 9.59 Å². The van der Waals surface area contributed by atoms with E-state index in [0.29, 0.717) is 25.5 Å². The highest BCUT2D eigenvalue weighted by Gasteiger charge is 2.32. The van der Waals surface area contributed by atoms with E-state index in [0.717, 1.165) is 12.8 Å². The number of hydrogen-bond donors (Lipinski definition) is 1. The van der Waals surface area contributed by atoms with Crippen LogP contribution in [-0.2, 0) is 14.3 Å². The van der Waals surface area contributed by atoms with Gasteiger partial charge in [0.2, 0.25) is 11.8 Å². The Morgan fingerprint density at radius 2 is 2.00 bits per heavy atom. The highest BCUT2D eigenvalue weighted by molar-refractivity contribution is 5.87. The SMILES string of the molecule is NC(=O)[C@H]1COCCN1C(=O)CC1CCCC1. The number of ether oxygens (including phenoxy) is 1. The van der Waals surface area contributed by atoms with E-state index in [-0.39, 0.29) is 12.5 Å². The molecule has 0 spiro atoms. The molecule has 2 fully saturated rings. The molecule has 0 radical (unpaired) electrons. The minimum atomic E-state index is -0.572. The normalized spacial score (nSPS) is 26.1. The number of morpholine rings is 1. The summed E-state index contributed by atoms with van der Waals surface area (Å²) in [6.45, 7) is 1.23. The van der Waals surface area contributed by atoms with Crippen molar-refractivity contribution in [3.05, 3.63) is 0 Å². The van der Waals surface area contributed by atoms with Crippen molar-refractivity contribution in [3.8, 4) is 0 Å². The van der Waals surface area contributed by atoms with Crippen LogP contribution >= 0.6 is 0 Å². The first-order chi connectivity index (χ1) is 8.18. The van der Waals surface area contributed by atoms with Gasteiger partial charge < -0.3 is 15.4 Å². The van der Waals surface area contributed by atoms with Crippen molar-refractivity contribution in [1.82, 2.24) is 4.90 Å². The number of hydrogen-bond acceptors (Lipinski definition) is 3. The van der Waals surface area contributed by atoms with Crippen molar-refractivity contribution in [2.75, 3.05) is 19.8 Å². The third-order valence-corrected chi connectivity index (χ3v) is 3.72. The summed E-state index contributed by atoms with van der Waals surface area (Å²) in [4.78, 5) is 25.0. The van der Waals surface area contributed by atoms with Gasteiger partial charge in [0.05, 0.1) is 13.2 Å². The van der Waals surface area contributed by atoms with Crippen molar-refractivity contribution in [2.24, 2.45) is 11.7 Å². The molecule has 2 N–H and O–H groups in total. The fourth-order valence-corrected chi connectivity index (χ4v) is 2.72. The summed E-state index contributed by atoms with van der Waals surface area (Å²) in [5.74, 6) is 0.0901. The lowest BCUT2D eigenvalue weighted by Crippen LogP contribution is -2.54. The van der Waals surface area contributed by atoms with Gasteiger partial charge in [-0.1, -0.05) is 12.8 Å². The maximum absolute atomic E-state index is 12.1. The van der Waals surface area contributed by atoms with E-state index in [1.165, 1.54) is 12.8 Å². The van der Waals surface area contributed by atoms with Gasteiger partial charge >= 0.3 is 0 Å². The van der Waals surface area contributed by atoms with E-state index < -0.39 is 11.9 Å². The lowest BCUT2D eigenvalue weighted by molar-refractivity contribution is -0.147. The topological polar surface area (TPSA) is 72.6 Å². The summed E-state index contributed by atoms with van der Waals surface area (Å²) in [5.41, 5.74) is 5.29. The molecule has 1 saturated carbocycles. The molecule has 1 aliphatic heterocycles. The molecular formula is C12H20N2O3. The molecule has 1 atom stereocenters. The molecule has 17 heavy (non-hydrogen) atoms. The Hall–Kier alpha value is -1.10. The first kappa shape index (κ1) is 12.4. The Bertz CT molecular complexity index is 300. The molecule has 5 heteroatoms. The van der Waals surface area contributed by atoms with E-state index in [2.05, 4.69) is 0 Å². The van der Waals surface area contributed by atoms with E-state index >= 15 is 0 Å². The Morgan fingerprint density at radius 1 is 1.29 bits per heavy atom. The molecule has 0 aromatic heterocycles. The third-order valence-electron chi connectivity index (χ3n) is 3.72. The third kappa shape index (κ3) is 2.97. The first-order valence-electron chi connectivity index (χ1n) is 6.35. The molecule has 2 amide bonds. The van der Waals surface area contributed by atoms with Crippen LogP contribution in [-0.4, -0.2) is 42.5 Å². The highest BCUT2D eigenvalue weighted by atomic mass is 16.5. The van der Waals surface area contributed by atoms with Crippen molar-refractivity contribution < 1.29 is 14.3 Å². The van der Waals surface area contributed by atoms with Crippen LogP contribution in [0.4, 0.5) is 0 Å². The maximum Gasteiger partial charge on any atom is 0.242 e. The Balaban J connectivity index is 1.93. The van der Waals surface area contributed by atoms with Gasteiger partial charge in [-0.05, 0) is 18.8 Å². The smallest absolute Gasteiger partial charge is 0.242 e. The van der Waals surface area contributed by atoms with Crippen LogP contribution in [0.25, 0.3) is 0 Å². The lowest BCUT2D eigenvalue weighted by Gasteiger charge is -2.34. The maximum atomic E-state index is 12.1. The minimum absolute atomic E-state index is 0.0593. The Morgan fingerprint density at radius 3 is 2.65 bits per heavy atom. The van der Waals surface area contributed by atoms with E-state index in [1.54, 1.807) is 4.90 Å². The van der Waals surface area contributed by atoms with Crippen molar-refractivity contribution >= 4 is 11.8 Å². The fourth-order valence-electron chi connectivity index (χ4n) is 2.72. The molecule has 2 rings (SSSR count). The van der Waals surface area contributed by atoms with Gasteiger partial charge in [0.25, 0.3) is 0 Å². The van der Waals surface area contributed by atoms with Gasteiger partial charge in [-0.2, -0.15) is 0 Å². The van der Waals surface area contributed by atoms with Gasteiger partial charge in [0.15, 0.2) is 0 Å². The van der Waals surface area contributed by atoms with Crippen LogP contribution in [0.5, 0.6) is 0 Å². The van der Waals surface area contributed by atoms with E-state index in [1.807, 2.05) is 0 Å². The predicted octanol–water partition coefficient (Wildman–Crippen LogP) is 0.279. The second-order valence-corrected chi connectivity index (χ2v) is 4.93. The van der Waals surface area contributed by atoms with Gasteiger partial charge in [0, 0.05) is 13.0 Å². The molecule has 0 unspecified atom stereocenters. The van der Waals surface area contributed by atoms with Crippen LogP contribution < -0.4 is 5.73 Å². The molecule has 5 nitrogen and oxygen atoms in total. The largest absolute Gasteiger partial charge is 0.377 e. The summed E-state index contributed by atoms with van der Waals surface area (Å²) in [7, 11) is 0. The lowest BCUT2D eigenvalue weighted by atomic mass is 10.0. The summed E-state index contributed by atoms with van der Waals surface area (Å²) in [6, 6.07) is -0.572. The molecule has 2 aliphatic rings. The van der Waals surface area contributed by atoms with Gasteiger partial charge in [-0.15, -0.1) is 0 Å². The number of rotatable bonds is 3. The zero-order valence-corrected chi connectivity index (χ0v) is 10.1. The molecule has 1 heterocycles. The number of nitrogens with zero attached hydrogens (tertiary/aromatic N) is 1. The quantitative estimate of drug-likeness (QED) is 0.770. The second-order valence-electron chi connectivity index (χ2n) is 4.93. The molecule has 0 bridgehead atoms. The standard InChI is InChI=1S/C12H20N2O3/c13-12(16)10-8-17-6-5-14(10)11(15)7-9-3-1-2-4-9/h9-10H,1-8H2,(H2,13,16)/t10-/m1/s1. The second kappa shape index (κ2) is 5.49. The van der Waals surface area contributed by atoms with Crippen molar-refractivity contribution in [2.45, 2.75) is 38.1 Å². The first-order valence-corrected chi connectivity index (χ1v) is 6.35. The molecule has 0 aromatic carbocycles. The number of primary amides is 1. The molecular weight excluding hydrogens is 220 g/mol. The number of carbonyl (C=O) groups excluding carboxylic acids is 2. The fraction of sp³-hybridized carbons (Fsp3) is 0.833. The molecule has 1 aliphatic carbocycles. The summed E-state index contributed by atoms with van der Waals surface area (Å²) < 4.78 is 5.20. The highest BCUT2D eigenvalue weighted by Crippen LogP contribution is 2.28. The Labute approximate surface area is 101 Å². The number of carbonyl (C=O) groups is 2. The summed E-state index contributed by atoms with van der Waals surface area (Å²) in [5, 5.41) is 0. The van der Waals surface area contributed by atoms with Crippen LogP contribution in [0.3, 0.4) is 0 Å².